The van der Waals surface area contributed by atoms with Gasteiger partial charge in [0, 0.05) is 13.2 Å². The molecular weight excluding hydrogens is 310 g/mol. The molecule has 1 aromatic carbocycles. The minimum absolute atomic E-state index is 0.207. The fourth-order valence-electron chi connectivity index (χ4n) is 2.82. The molecule has 5 nitrogen and oxygen atoms in total. The van der Waals surface area contributed by atoms with Gasteiger partial charge in [-0.05, 0) is 31.4 Å². The van der Waals surface area contributed by atoms with Crippen LogP contribution in [0.5, 0.6) is 0 Å². The predicted molar refractivity (Wildman–Crippen MR) is 94.1 cm³/mol. The molecule has 1 heterocycles. The molecule has 6 heteroatoms. The topological polar surface area (TPSA) is 63.2 Å². The third-order valence-corrected chi connectivity index (χ3v) is 4.98. The number of anilines is 1. The lowest BCUT2D eigenvalue weighted by molar-refractivity contribution is 0.0276. The summed E-state index contributed by atoms with van der Waals surface area (Å²) in [4.78, 5) is 16.2. The summed E-state index contributed by atoms with van der Waals surface area (Å²) in [5.41, 5.74) is 0.911. The first-order chi connectivity index (χ1) is 11.3. The summed E-state index contributed by atoms with van der Waals surface area (Å²) in [6, 6.07) is 7.65. The van der Waals surface area contributed by atoms with Crippen molar-refractivity contribution in [3.05, 3.63) is 24.3 Å². The Labute approximate surface area is 140 Å². The van der Waals surface area contributed by atoms with E-state index in [1.54, 1.807) is 0 Å². The monoisotopic (exact) mass is 333 g/mol. The largest absolute Gasteiger partial charge is 0.378 e. The average molecular weight is 333 g/mol. The molecule has 0 atom stereocenters. The molecule has 23 heavy (non-hydrogen) atoms. The molecule has 2 aromatic rings. The molecular formula is C17H23N3O2S. The van der Waals surface area contributed by atoms with Crippen molar-refractivity contribution < 1.29 is 9.53 Å². The minimum atomic E-state index is -0.207. The fourth-order valence-corrected chi connectivity index (χ4v) is 3.68. The zero-order valence-electron chi connectivity index (χ0n) is 13.2. The van der Waals surface area contributed by atoms with Gasteiger partial charge in [-0.25, -0.2) is 9.78 Å². The second-order valence-corrected chi connectivity index (χ2v) is 6.88. The number of hydrogen-bond acceptors (Lipinski definition) is 4. The highest BCUT2D eigenvalue weighted by Gasteiger charge is 2.13. The Hall–Kier alpha value is -1.66. The number of fused-ring (bicyclic) bond motifs is 1. The maximum atomic E-state index is 11.9. The molecule has 1 saturated carbocycles. The highest BCUT2D eigenvalue weighted by atomic mass is 32.1. The van der Waals surface area contributed by atoms with Crippen molar-refractivity contribution in [2.75, 3.05) is 18.5 Å². The van der Waals surface area contributed by atoms with Crippen molar-refractivity contribution in [1.82, 2.24) is 10.3 Å². The van der Waals surface area contributed by atoms with Gasteiger partial charge in [-0.15, -0.1) is 0 Å². The molecule has 1 fully saturated rings. The van der Waals surface area contributed by atoms with E-state index in [9.17, 15) is 4.79 Å². The number of aromatic nitrogens is 1. The summed E-state index contributed by atoms with van der Waals surface area (Å²) in [6.07, 6.45) is 7.55. The van der Waals surface area contributed by atoms with Gasteiger partial charge >= 0.3 is 6.03 Å². The summed E-state index contributed by atoms with van der Waals surface area (Å²) < 4.78 is 6.91. The van der Waals surface area contributed by atoms with Crippen molar-refractivity contribution in [1.29, 1.82) is 0 Å². The molecule has 0 saturated heterocycles. The number of ether oxygens (including phenoxy) is 1. The summed E-state index contributed by atoms with van der Waals surface area (Å²) in [7, 11) is 0. The lowest BCUT2D eigenvalue weighted by atomic mass is 9.98. The van der Waals surface area contributed by atoms with Gasteiger partial charge in [-0.1, -0.05) is 42.7 Å². The Morgan fingerprint density at radius 2 is 2.09 bits per heavy atom. The number of thiazole rings is 1. The van der Waals surface area contributed by atoms with Crippen LogP contribution in [0, 0.1) is 0 Å². The van der Waals surface area contributed by atoms with Gasteiger partial charge in [0.2, 0.25) is 0 Å². The number of hydrogen-bond donors (Lipinski definition) is 2. The number of benzene rings is 1. The summed E-state index contributed by atoms with van der Waals surface area (Å²) in [6.45, 7) is 1.33. The molecule has 0 unspecified atom stereocenters. The van der Waals surface area contributed by atoms with Crippen LogP contribution >= 0.6 is 11.3 Å². The maximum Gasteiger partial charge on any atom is 0.321 e. The van der Waals surface area contributed by atoms with E-state index in [1.165, 1.54) is 43.4 Å². The van der Waals surface area contributed by atoms with Crippen LogP contribution in [0.2, 0.25) is 0 Å². The molecule has 0 spiro atoms. The molecule has 1 aliphatic rings. The molecule has 124 valence electrons. The lowest BCUT2D eigenvalue weighted by Crippen LogP contribution is -2.30. The Bertz CT molecular complexity index is 605. The highest BCUT2D eigenvalue weighted by Crippen LogP contribution is 2.25. The van der Waals surface area contributed by atoms with Crippen molar-refractivity contribution in [3.8, 4) is 0 Å². The van der Waals surface area contributed by atoms with E-state index >= 15 is 0 Å². The Kier molecular flexibility index (Phi) is 5.82. The van der Waals surface area contributed by atoms with Crippen LogP contribution in [0.4, 0.5) is 9.93 Å². The van der Waals surface area contributed by atoms with Crippen molar-refractivity contribution in [2.45, 2.75) is 44.6 Å². The molecule has 3 rings (SSSR count). The van der Waals surface area contributed by atoms with Gasteiger partial charge < -0.3 is 10.1 Å². The van der Waals surface area contributed by atoms with Crippen LogP contribution in [0.1, 0.15) is 38.5 Å². The Morgan fingerprint density at radius 3 is 2.91 bits per heavy atom. The van der Waals surface area contributed by atoms with Crippen LogP contribution in [0.15, 0.2) is 24.3 Å². The van der Waals surface area contributed by atoms with E-state index in [-0.39, 0.29) is 6.03 Å². The molecule has 1 aromatic heterocycles. The highest BCUT2D eigenvalue weighted by molar-refractivity contribution is 7.22. The average Bonchev–Trinajstić information content (AvgIpc) is 2.97. The number of nitrogens with zero attached hydrogens (tertiary/aromatic N) is 1. The van der Waals surface area contributed by atoms with E-state index in [0.717, 1.165) is 16.6 Å². The van der Waals surface area contributed by atoms with Crippen LogP contribution in [-0.4, -0.2) is 30.3 Å². The van der Waals surface area contributed by atoms with Gasteiger partial charge in [0.05, 0.1) is 16.3 Å². The second-order valence-electron chi connectivity index (χ2n) is 5.85. The third-order valence-electron chi connectivity index (χ3n) is 4.03. The van der Waals surface area contributed by atoms with E-state index < -0.39 is 0 Å². The maximum absolute atomic E-state index is 11.9. The summed E-state index contributed by atoms with van der Waals surface area (Å²) in [5.74, 6) is 0. The first-order valence-electron chi connectivity index (χ1n) is 8.33. The Balaban J connectivity index is 1.33. The molecule has 1 aliphatic carbocycles. The zero-order valence-corrected chi connectivity index (χ0v) is 14.0. The van der Waals surface area contributed by atoms with E-state index in [1.807, 2.05) is 24.3 Å². The molecule has 2 N–H and O–H groups in total. The van der Waals surface area contributed by atoms with Crippen molar-refractivity contribution in [2.24, 2.45) is 0 Å². The Morgan fingerprint density at radius 1 is 1.26 bits per heavy atom. The van der Waals surface area contributed by atoms with Crippen LogP contribution in [0.3, 0.4) is 0 Å². The molecule has 2 amide bonds. The van der Waals surface area contributed by atoms with Gasteiger partial charge in [-0.3, -0.25) is 5.32 Å². The first-order valence-corrected chi connectivity index (χ1v) is 9.15. The molecule has 0 radical (unpaired) electrons. The lowest BCUT2D eigenvalue weighted by Gasteiger charge is -2.21. The number of para-hydroxylation sites is 1. The van der Waals surface area contributed by atoms with Gasteiger partial charge in [0.1, 0.15) is 0 Å². The normalized spacial score (nSPS) is 15.7. The van der Waals surface area contributed by atoms with Crippen molar-refractivity contribution in [3.63, 3.8) is 0 Å². The molecule has 0 bridgehead atoms. The van der Waals surface area contributed by atoms with Crippen LogP contribution in [0.25, 0.3) is 10.2 Å². The number of urea groups is 1. The number of amides is 2. The minimum Gasteiger partial charge on any atom is -0.378 e. The third kappa shape index (κ3) is 4.91. The van der Waals surface area contributed by atoms with Gasteiger partial charge in [0.25, 0.3) is 0 Å². The predicted octanol–water partition coefficient (Wildman–Crippen LogP) is 4.16. The smallest absolute Gasteiger partial charge is 0.321 e. The fraction of sp³-hybridized carbons (Fsp3) is 0.529. The summed E-state index contributed by atoms with van der Waals surface area (Å²) >= 11 is 1.48. The van der Waals surface area contributed by atoms with E-state index in [4.69, 9.17) is 4.74 Å². The zero-order chi connectivity index (χ0) is 15.9. The van der Waals surface area contributed by atoms with Gasteiger partial charge in [-0.2, -0.15) is 0 Å². The number of carbonyl (C=O) groups is 1. The van der Waals surface area contributed by atoms with E-state index in [2.05, 4.69) is 15.6 Å². The van der Waals surface area contributed by atoms with Crippen LogP contribution in [-0.2, 0) is 4.74 Å². The molecule has 0 aliphatic heterocycles. The van der Waals surface area contributed by atoms with E-state index in [0.29, 0.717) is 24.4 Å². The SMILES string of the molecule is O=C(NCCCOC1CCCCC1)Nc1nc2ccccc2s1. The number of carbonyl (C=O) groups excluding carboxylic acids is 1. The quantitative estimate of drug-likeness (QED) is 0.780. The number of rotatable bonds is 6. The second kappa shape index (κ2) is 8.26. The first kappa shape index (κ1) is 16.2. The standard InChI is InChI=1S/C17H23N3O2S/c21-16(18-11-6-12-22-13-7-2-1-3-8-13)20-17-19-14-9-4-5-10-15(14)23-17/h4-5,9-10,13H,1-3,6-8,11-12H2,(H2,18,19,20,21). The summed E-state index contributed by atoms with van der Waals surface area (Å²) in [5, 5.41) is 6.27. The van der Waals surface area contributed by atoms with Crippen molar-refractivity contribution >= 4 is 32.7 Å². The van der Waals surface area contributed by atoms with Crippen LogP contribution < -0.4 is 10.6 Å². The number of nitrogens with one attached hydrogen (secondary N) is 2. The van der Waals surface area contributed by atoms with Gasteiger partial charge in [0.15, 0.2) is 5.13 Å².